The molecule has 0 aromatic heterocycles. The van der Waals surface area contributed by atoms with Crippen LogP contribution in [0.1, 0.15) is 33.6 Å². The summed E-state index contributed by atoms with van der Waals surface area (Å²) in [6.45, 7) is 9.10. The maximum absolute atomic E-state index is 10.5. The minimum absolute atomic E-state index is 0.211. The van der Waals surface area contributed by atoms with Crippen LogP contribution in [0.15, 0.2) is 12.7 Å². The van der Waals surface area contributed by atoms with Crippen LogP contribution in [-0.4, -0.2) is 28.6 Å². The molecule has 0 bridgehead atoms. The summed E-state index contributed by atoms with van der Waals surface area (Å²) in [5, 5.41) is 8.60. The van der Waals surface area contributed by atoms with Gasteiger partial charge < -0.3 is 14.6 Å². The zero-order valence-electron chi connectivity index (χ0n) is 9.45. The van der Waals surface area contributed by atoms with Gasteiger partial charge in [0.1, 0.15) is 5.60 Å². The van der Waals surface area contributed by atoms with Gasteiger partial charge in [-0.3, -0.25) is 0 Å². The monoisotopic (exact) mass is 214 g/mol. The summed E-state index contributed by atoms with van der Waals surface area (Å²) in [6.07, 6.45) is 1.90. The number of hydrogen-bond donors (Lipinski definition) is 1. The highest BCUT2D eigenvalue weighted by Gasteiger charge is 2.43. The zero-order chi connectivity index (χ0) is 11.7. The zero-order valence-corrected chi connectivity index (χ0v) is 9.45. The summed E-state index contributed by atoms with van der Waals surface area (Å²) in [4.78, 5) is 10.5. The van der Waals surface area contributed by atoms with Gasteiger partial charge in [-0.05, 0) is 33.6 Å². The quantitative estimate of drug-likeness (QED) is 0.579. The highest BCUT2D eigenvalue weighted by Crippen LogP contribution is 2.37. The van der Waals surface area contributed by atoms with Gasteiger partial charge in [-0.2, -0.15) is 0 Å². The minimum atomic E-state index is -1.27. The van der Waals surface area contributed by atoms with Gasteiger partial charge in [-0.1, -0.05) is 6.08 Å². The van der Waals surface area contributed by atoms with Gasteiger partial charge in [0.15, 0.2) is 0 Å². The Hall–Kier alpha value is -1.03. The number of carboxylic acid groups (broad SMARTS) is 1. The lowest BCUT2D eigenvalue weighted by molar-refractivity contribution is -0.113. The Morgan fingerprint density at radius 2 is 2.33 bits per heavy atom. The molecule has 1 rings (SSSR count). The molecule has 1 N–H and O–H groups in total. The Labute approximate surface area is 89.9 Å². The van der Waals surface area contributed by atoms with Gasteiger partial charge >= 0.3 is 6.16 Å². The summed E-state index contributed by atoms with van der Waals surface area (Å²) in [5.74, 6) is 0. The van der Waals surface area contributed by atoms with Crippen LogP contribution in [0.2, 0.25) is 0 Å². The highest BCUT2D eigenvalue weighted by molar-refractivity contribution is 5.57. The van der Waals surface area contributed by atoms with E-state index in [4.69, 9.17) is 14.6 Å². The Morgan fingerprint density at radius 1 is 1.73 bits per heavy atom. The summed E-state index contributed by atoms with van der Waals surface area (Å²) in [5.41, 5.74) is -1.17. The number of hydrogen-bond acceptors (Lipinski definition) is 3. The van der Waals surface area contributed by atoms with Crippen molar-refractivity contribution in [2.24, 2.45) is 0 Å². The second kappa shape index (κ2) is 3.85. The van der Waals surface area contributed by atoms with Gasteiger partial charge in [0, 0.05) is 0 Å². The predicted octanol–water partition coefficient (Wildman–Crippen LogP) is 2.58. The van der Waals surface area contributed by atoms with E-state index in [-0.39, 0.29) is 11.7 Å². The first kappa shape index (κ1) is 12.0. The normalized spacial score (nSPS) is 31.3. The molecule has 1 heterocycles. The molecule has 1 aliphatic rings. The number of carbonyl (C=O) groups is 1. The summed E-state index contributed by atoms with van der Waals surface area (Å²) in [6, 6.07) is 0. The third-order valence-electron chi connectivity index (χ3n) is 2.87. The first-order valence-electron chi connectivity index (χ1n) is 5.02. The minimum Gasteiger partial charge on any atom is -0.450 e. The van der Waals surface area contributed by atoms with E-state index in [0.717, 1.165) is 12.8 Å². The fourth-order valence-corrected chi connectivity index (χ4v) is 1.79. The van der Waals surface area contributed by atoms with Crippen molar-refractivity contribution in [2.75, 3.05) is 0 Å². The van der Waals surface area contributed by atoms with Crippen molar-refractivity contribution in [3.8, 4) is 0 Å². The van der Waals surface area contributed by atoms with Crippen LogP contribution in [0.3, 0.4) is 0 Å². The van der Waals surface area contributed by atoms with Crippen molar-refractivity contribution in [1.82, 2.24) is 0 Å². The molecule has 1 aliphatic heterocycles. The van der Waals surface area contributed by atoms with Crippen LogP contribution in [0.25, 0.3) is 0 Å². The summed E-state index contributed by atoms with van der Waals surface area (Å²) in [7, 11) is 0. The summed E-state index contributed by atoms with van der Waals surface area (Å²) >= 11 is 0. The molecule has 2 atom stereocenters. The first-order chi connectivity index (χ1) is 6.79. The molecule has 0 amide bonds. The summed E-state index contributed by atoms with van der Waals surface area (Å²) < 4.78 is 10.6. The molecule has 0 spiro atoms. The fraction of sp³-hybridized carbons (Fsp3) is 0.727. The second-order valence-corrected chi connectivity index (χ2v) is 4.63. The van der Waals surface area contributed by atoms with Gasteiger partial charge in [-0.25, -0.2) is 4.79 Å². The molecule has 86 valence electrons. The molecule has 0 saturated carbocycles. The van der Waals surface area contributed by atoms with E-state index < -0.39 is 11.8 Å². The molecular weight excluding hydrogens is 196 g/mol. The molecule has 0 radical (unpaired) electrons. The van der Waals surface area contributed by atoms with Crippen LogP contribution < -0.4 is 0 Å². The van der Waals surface area contributed by atoms with Crippen molar-refractivity contribution < 1.29 is 19.4 Å². The smallest absolute Gasteiger partial charge is 0.450 e. The largest absolute Gasteiger partial charge is 0.506 e. The van der Waals surface area contributed by atoms with Crippen molar-refractivity contribution in [1.29, 1.82) is 0 Å². The van der Waals surface area contributed by atoms with Crippen LogP contribution >= 0.6 is 0 Å². The van der Waals surface area contributed by atoms with Crippen LogP contribution in [0.5, 0.6) is 0 Å². The van der Waals surface area contributed by atoms with Crippen LogP contribution in [0, 0.1) is 0 Å². The van der Waals surface area contributed by atoms with E-state index in [1.165, 1.54) is 0 Å². The average Bonchev–Trinajstić information content (AvgIpc) is 2.47. The van der Waals surface area contributed by atoms with E-state index in [1.807, 2.05) is 6.92 Å². The Morgan fingerprint density at radius 3 is 2.73 bits per heavy atom. The van der Waals surface area contributed by atoms with E-state index in [0.29, 0.717) is 0 Å². The Kier molecular flexibility index (Phi) is 3.09. The average molecular weight is 214 g/mol. The molecule has 2 unspecified atom stereocenters. The highest BCUT2D eigenvalue weighted by atomic mass is 16.7. The lowest BCUT2D eigenvalue weighted by Crippen LogP contribution is -2.41. The van der Waals surface area contributed by atoms with E-state index in [2.05, 4.69) is 6.58 Å². The first-order valence-corrected chi connectivity index (χ1v) is 5.02. The van der Waals surface area contributed by atoms with Crippen molar-refractivity contribution in [3.05, 3.63) is 12.7 Å². The van der Waals surface area contributed by atoms with Gasteiger partial charge in [0.2, 0.25) is 0 Å². The SMILES string of the molecule is C=CC1(C)CCC(C(C)(C)OC(=O)O)O1. The van der Waals surface area contributed by atoms with Crippen molar-refractivity contribution >= 4 is 6.16 Å². The maximum Gasteiger partial charge on any atom is 0.506 e. The lowest BCUT2D eigenvalue weighted by atomic mass is 9.97. The Balaban J connectivity index is 2.67. The molecule has 1 saturated heterocycles. The van der Waals surface area contributed by atoms with E-state index >= 15 is 0 Å². The third-order valence-corrected chi connectivity index (χ3v) is 2.87. The number of rotatable bonds is 3. The Bertz CT molecular complexity index is 272. The lowest BCUT2D eigenvalue weighted by Gasteiger charge is -2.31. The molecule has 0 aliphatic carbocycles. The van der Waals surface area contributed by atoms with Gasteiger partial charge in [0.05, 0.1) is 11.7 Å². The van der Waals surface area contributed by atoms with Crippen LogP contribution in [0.4, 0.5) is 4.79 Å². The third kappa shape index (κ3) is 2.72. The molecular formula is C11H18O4. The molecule has 1 fully saturated rings. The second-order valence-electron chi connectivity index (χ2n) is 4.63. The van der Waals surface area contributed by atoms with Gasteiger partial charge in [0.25, 0.3) is 0 Å². The van der Waals surface area contributed by atoms with Crippen molar-refractivity contribution in [3.63, 3.8) is 0 Å². The molecule has 0 aromatic carbocycles. The fourth-order valence-electron chi connectivity index (χ4n) is 1.79. The molecule has 4 heteroatoms. The standard InChI is InChI=1S/C11H18O4/c1-5-11(4)7-6-8(14-11)10(2,3)15-9(12)13/h5,8H,1,6-7H2,2-4H3,(H,12,13). The van der Waals surface area contributed by atoms with Gasteiger partial charge in [-0.15, -0.1) is 6.58 Å². The molecule has 15 heavy (non-hydrogen) atoms. The molecule has 0 aromatic rings. The predicted molar refractivity (Wildman–Crippen MR) is 55.9 cm³/mol. The molecule has 4 nitrogen and oxygen atoms in total. The van der Waals surface area contributed by atoms with E-state index in [9.17, 15) is 4.79 Å². The van der Waals surface area contributed by atoms with Crippen molar-refractivity contribution in [2.45, 2.75) is 50.9 Å². The van der Waals surface area contributed by atoms with Crippen LogP contribution in [-0.2, 0) is 9.47 Å². The maximum atomic E-state index is 10.5. The topological polar surface area (TPSA) is 55.8 Å². The number of ether oxygens (including phenoxy) is 2. The van der Waals surface area contributed by atoms with E-state index in [1.54, 1.807) is 19.9 Å².